The predicted octanol–water partition coefficient (Wildman–Crippen LogP) is 4.35. The summed E-state index contributed by atoms with van der Waals surface area (Å²) in [4.78, 5) is 0.408. The van der Waals surface area contributed by atoms with Gasteiger partial charge in [-0.1, -0.05) is 63.2 Å². The van der Waals surface area contributed by atoms with Crippen LogP contribution in [0.5, 0.6) is 0 Å². The molecular formula is C18H22O2S. The number of rotatable bonds is 5. The fraction of sp³-hybridized carbons (Fsp3) is 0.333. The second-order valence-corrected chi connectivity index (χ2v) is 8.00. The normalized spacial score (nSPS) is 12.3. The largest absolute Gasteiger partial charge is 0.223 e. The standard InChI is InChI=1S/C18H22O2S/c1-4-18(2,3)16-11-8-12-17(13-16)21(19,20)14-15-9-6-5-7-10-15/h5-13H,4,14H2,1-3H3. The van der Waals surface area contributed by atoms with Crippen molar-refractivity contribution >= 4 is 9.84 Å². The highest BCUT2D eigenvalue weighted by atomic mass is 32.2. The highest BCUT2D eigenvalue weighted by Crippen LogP contribution is 2.29. The van der Waals surface area contributed by atoms with Crippen LogP contribution in [0, 0.1) is 0 Å². The number of sulfone groups is 1. The van der Waals surface area contributed by atoms with Gasteiger partial charge in [-0.2, -0.15) is 0 Å². The zero-order valence-corrected chi connectivity index (χ0v) is 13.7. The summed E-state index contributed by atoms with van der Waals surface area (Å²) in [5.41, 5.74) is 1.87. The van der Waals surface area contributed by atoms with E-state index < -0.39 is 9.84 Å². The lowest BCUT2D eigenvalue weighted by molar-refractivity contribution is 0.505. The Kier molecular flexibility index (Phi) is 4.52. The fourth-order valence-electron chi connectivity index (χ4n) is 2.19. The lowest BCUT2D eigenvalue weighted by atomic mass is 9.82. The molecule has 0 saturated carbocycles. The van der Waals surface area contributed by atoms with Gasteiger partial charge in [0.15, 0.2) is 9.84 Å². The van der Waals surface area contributed by atoms with E-state index in [9.17, 15) is 8.42 Å². The van der Waals surface area contributed by atoms with Crippen LogP contribution in [0.2, 0.25) is 0 Å². The third-order valence-corrected chi connectivity index (χ3v) is 5.74. The molecule has 0 heterocycles. The summed E-state index contributed by atoms with van der Waals surface area (Å²) in [6.45, 7) is 6.39. The van der Waals surface area contributed by atoms with Crippen molar-refractivity contribution in [3.8, 4) is 0 Å². The van der Waals surface area contributed by atoms with E-state index in [0.717, 1.165) is 17.5 Å². The monoisotopic (exact) mass is 302 g/mol. The lowest BCUT2D eigenvalue weighted by Crippen LogP contribution is -2.16. The summed E-state index contributed by atoms with van der Waals surface area (Å²) in [6, 6.07) is 16.7. The molecule has 2 rings (SSSR count). The van der Waals surface area contributed by atoms with Crippen molar-refractivity contribution in [3.63, 3.8) is 0 Å². The number of hydrogen-bond donors (Lipinski definition) is 0. The molecule has 0 aliphatic carbocycles. The van der Waals surface area contributed by atoms with Crippen LogP contribution in [0.4, 0.5) is 0 Å². The Hall–Kier alpha value is -1.61. The second-order valence-electron chi connectivity index (χ2n) is 6.01. The number of hydrogen-bond acceptors (Lipinski definition) is 2. The molecule has 112 valence electrons. The summed E-state index contributed by atoms with van der Waals surface area (Å²) in [7, 11) is -3.30. The van der Waals surface area contributed by atoms with Gasteiger partial charge in [0.05, 0.1) is 10.6 Å². The Labute approximate surface area is 127 Å². The van der Waals surface area contributed by atoms with Crippen LogP contribution >= 0.6 is 0 Å². The van der Waals surface area contributed by atoms with Gasteiger partial charge >= 0.3 is 0 Å². The van der Waals surface area contributed by atoms with E-state index in [1.165, 1.54) is 0 Å². The van der Waals surface area contributed by atoms with E-state index in [4.69, 9.17) is 0 Å². The van der Waals surface area contributed by atoms with Crippen LogP contribution in [0.3, 0.4) is 0 Å². The van der Waals surface area contributed by atoms with Crippen molar-refractivity contribution in [2.75, 3.05) is 0 Å². The van der Waals surface area contributed by atoms with Crippen molar-refractivity contribution in [1.29, 1.82) is 0 Å². The summed E-state index contributed by atoms with van der Waals surface area (Å²) < 4.78 is 25.1. The van der Waals surface area contributed by atoms with E-state index in [0.29, 0.717) is 4.90 Å². The SMILES string of the molecule is CCC(C)(C)c1cccc(S(=O)(=O)Cc2ccccc2)c1. The molecule has 0 radical (unpaired) electrons. The van der Waals surface area contributed by atoms with Gasteiger partial charge in [-0.15, -0.1) is 0 Å². The Morgan fingerprint density at radius 1 is 0.952 bits per heavy atom. The average Bonchev–Trinajstić information content (AvgIpc) is 2.48. The zero-order chi connectivity index (χ0) is 15.5. The maximum Gasteiger partial charge on any atom is 0.182 e. The van der Waals surface area contributed by atoms with Gasteiger partial charge in [0.25, 0.3) is 0 Å². The van der Waals surface area contributed by atoms with Crippen molar-refractivity contribution in [2.24, 2.45) is 0 Å². The van der Waals surface area contributed by atoms with Crippen molar-refractivity contribution < 1.29 is 8.42 Å². The molecule has 0 aliphatic rings. The van der Waals surface area contributed by atoms with Crippen molar-refractivity contribution in [3.05, 3.63) is 65.7 Å². The van der Waals surface area contributed by atoms with E-state index in [2.05, 4.69) is 20.8 Å². The van der Waals surface area contributed by atoms with E-state index in [1.54, 1.807) is 6.07 Å². The molecule has 0 saturated heterocycles. The molecule has 0 atom stereocenters. The predicted molar refractivity (Wildman–Crippen MR) is 87.1 cm³/mol. The summed E-state index contributed by atoms with van der Waals surface area (Å²) in [5, 5.41) is 0. The third-order valence-electron chi connectivity index (χ3n) is 4.06. The maximum atomic E-state index is 12.6. The lowest BCUT2D eigenvalue weighted by Gasteiger charge is -2.23. The Balaban J connectivity index is 2.35. The first-order chi connectivity index (χ1) is 9.85. The molecule has 0 N–H and O–H groups in total. The van der Waals surface area contributed by atoms with Crippen molar-refractivity contribution in [1.82, 2.24) is 0 Å². The van der Waals surface area contributed by atoms with Crippen LogP contribution in [0.25, 0.3) is 0 Å². The van der Waals surface area contributed by atoms with Gasteiger partial charge in [-0.3, -0.25) is 0 Å². The van der Waals surface area contributed by atoms with Crippen LogP contribution < -0.4 is 0 Å². The molecule has 0 amide bonds. The van der Waals surface area contributed by atoms with Gasteiger partial charge in [-0.25, -0.2) is 8.42 Å². The first-order valence-corrected chi connectivity index (χ1v) is 8.87. The molecule has 2 nitrogen and oxygen atoms in total. The molecule has 21 heavy (non-hydrogen) atoms. The molecule has 0 unspecified atom stereocenters. The Morgan fingerprint density at radius 3 is 2.24 bits per heavy atom. The van der Waals surface area contributed by atoms with Crippen molar-refractivity contribution in [2.45, 2.75) is 43.3 Å². The molecule has 3 heteroatoms. The summed E-state index contributed by atoms with van der Waals surface area (Å²) in [5.74, 6) is 0.0455. The maximum absolute atomic E-state index is 12.6. The minimum atomic E-state index is -3.30. The van der Waals surface area contributed by atoms with Crippen LogP contribution in [-0.2, 0) is 21.0 Å². The van der Waals surface area contributed by atoms with Crippen LogP contribution in [0.1, 0.15) is 38.3 Å². The zero-order valence-electron chi connectivity index (χ0n) is 12.8. The van der Waals surface area contributed by atoms with Gasteiger partial charge in [0.2, 0.25) is 0 Å². The molecular weight excluding hydrogens is 280 g/mol. The third kappa shape index (κ3) is 3.73. The minimum absolute atomic E-state index is 0.0156. The van der Waals surface area contributed by atoms with Gasteiger partial charge in [-0.05, 0) is 35.1 Å². The molecule has 0 spiro atoms. The number of benzene rings is 2. The molecule has 2 aromatic carbocycles. The fourth-order valence-corrected chi connectivity index (χ4v) is 3.58. The Bertz CT molecular complexity index is 701. The van der Waals surface area contributed by atoms with Crippen LogP contribution in [0.15, 0.2) is 59.5 Å². The molecule has 0 bridgehead atoms. The van der Waals surface area contributed by atoms with Gasteiger partial charge < -0.3 is 0 Å². The average molecular weight is 302 g/mol. The highest BCUT2D eigenvalue weighted by molar-refractivity contribution is 7.90. The van der Waals surface area contributed by atoms with Gasteiger partial charge in [0.1, 0.15) is 0 Å². The highest BCUT2D eigenvalue weighted by Gasteiger charge is 2.21. The van der Waals surface area contributed by atoms with E-state index in [-0.39, 0.29) is 11.2 Å². The first kappa shape index (κ1) is 15.8. The minimum Gasteiger partial charge on any atom is -0.223 e. The smallest absolute Gasteiger partial charge is 0.182 e. The topological polar surface area (TPSA) is 34.1 Å². The second kappa shape index (κ2) is 6.02. The van der Waals surface area contributed by atoms with E-state index >= 15 is 0 Å². The summed E-state index contributed by atoms with van der Waals surface area (Å²) in [6.07, 6.45) is 0.967. The molecule has 0 aliphatic heterocycles. The summed E-state index contributed by atoms with van der Waals surface area (Å²) >= 11 is 0. The quantitative estimate of drug-likeness (QED) is 0.823. The van der Waals surface area contributed by atoms with Gasteiger partial charge in [0, 0.05) is 0 Å². The first-order valence-electron chi connectivity index (χ1n) is 7.22. The van der Waals surface area contributed by atoms with E-state index in [1.807, 2.05) is 48.5 Å². The Morgan fingerprint density at radius 2 is 1.62 bits per heavy atom. The molecule has 0 aromatic heterocycles. The molecule has 2 aromatic rings. The molecule has 0 fully saturated rings. The van der Waals surface area contributed by atoms with Crippen LogP contribution in [-0.4, -0.2) is 8.42 Å².